The minimum absolute atomic E-state index is 0.0411. The predicted octanol–water partition coefficient (Wildman–Crippen LogP) is 0.625. The van der Waals surface area contributed by atoms with Crippen LogP contribution in [0.15, 0.2) is 24.5 Å². The Kier molecular flexibility index (Phi) is 4.27. The Hall–Kier alpha value is -2.97. The van der Waals surface area contributed by atoms with Crippen molar-refractivity contribution in [3.05, 3.63) is 35.8 Å². The minimum atomic E-state index is -0.165. The Morgan fingerprint density at radius 2 is 1.96 bits per heavy atom. The van der Waals surface area contributed by atoms with Gasteiger partial charge in [0.1, 0.15) is 5.82 Å². The standard InChI is InChI=1S/C17H21N7O2/c18-15-9-11(3-6-19-15)17(26)23-7-4-13(5-8-23)24-10-14(21-22-24)16(25)20-12-1-2-12/h3,6,9-10,12-13H,1-2,4-5,7-8H2,(H2,18,19)(H,20,25). The lowest BCUT2D eigenvalue weighted by atomic mass is 10.0. The number of hydrogen-bond acceptors (Lipinski definition) is 6. The van der Waals surface area contributed by atoms with E-state index in [0.29, 0.717) is 36.2 Å². The average Bonchev–Trinajstić information content (AvgIpc) is 3.33. The van der Waals surface area contributed by atoms with E-state index in [1.165, 1.54) is 0 Å². The van der Waals surface area contributed by atoms with Crippen LogP contribution in [0.3, 0.4) is 0 Å². The normalized spacial score (nSPS) is 17.9. The molecule has 26 heavy (non-hydrogen) atoms. The number of likely N-dealkylation sites (tertiary alicyclic amines) is 1. The summed E-state index contributed by atoms with van der Waals surface area (Å²) in [5.41, 5.74) is 6.55. The first-order valence-corrected chi connectivity index (χ1v) is 8.83. The number of carbonyl (C=O) groups excluding carboxylic acids is 2. The third kappa shape index (κ3) is 3.51. The van der Waals surface area contributed by atoms with Crippen molar-refractivity contribution in [2.75, 3.05) is 18.8 Å². The highest BCUT2D eigenvalue weighted by Gasteiger charge is 2.28. The molecule has 0 aromatic carbocycles. The zero-order chi connectivity index (χ0) is 18.1. The van der Waals surface area contributed by atoms with Gasteiger partial charge in [0.15, 0.2) is 5.69 Å². The van der Waals surface area contributed by atoms with Crippen molar-refractivity contribution in [3.8, 4) is 0 Å². The summed E-state index contributed by atoms with van der Waals surface area (Å²) in [6, 6.07) is 3.70. The maximum atomic E-state index is 12.6. The number of anilines is 1. The number of nitrogens with one attached hydrogen (secondary N) is 1. The molecule has 0 unspecified atom stereocenters. The van der Waals surface area contributed by atoms with E-state index in [4.69, 9.17) is 5.73 Å². The molecular weight excluding hydrogens is 334 g/mol. The van der Waals surface area contributed by atoms with Crippen LogP contribution in [0.5, 0.6) is 0 Å². The lowest BCUT2D eigenvalue weighted by Gasteiger charge is -2.31. The third-order valence-electron chi connectivity index (χ3n) is 4.81. The van der Waals surface area contributed by atoms with Gasteiger partial charge in [0.25, 0.3) is 11.8 Å². The topological polar surface area (TPSA) is 119 Å². The van der Waals surface area contributed by atoms with E-state index in [1.54, 1.807) is 29.2 Å². The number of rotatable bonds is 4. The molecule has 2 aromatic heterocycles. The molecule has 2 amide bonds. The summed E-state index contributed by atoms with van der Waals surface area (Å²) >= 11 is 0. The van der Waals surface area contributed by atoms with Crippen LogP contribution >= 0.6 is 0 Å². The molecule has 0 spiro atoms. The number of nitrogens with zero attached hydrogens (tertiary/aromatic N) is 5. The number of pyridine rings is 1. The fourth-order valence-electron chi connectivity index (χ4n) is 3.14. The fraction of sp³-hybridized carbons (Fsp3) is 0.471. The van der Waals surface area contributed by atoms with Crippen LogP contribution in [-0.4, -0.2) is 55.8 Å². The highest BCUT2D eigenvalue weighted by Crippen LogP contribution is 2.23. The van der Waals surface area contributed by atoms with E-state index in [1.807, 2.05) is 4.90 Å². The molecule has 2 fully saturated rings. The van der Waals surface area contributed by atoms with Crippen molar-refractivity contribution in [1.29, 1.82) is 0 Å². The van der Waals surface area contributed by atoms with Crippen LogP contribution in [0.1, 0.15) is 52.6 Å². The number of nitrogen functional groups attached to an aromatic ring is 1. The Morgan fingerprint density at radius 3 is 2.65 bits per heavy atom. The molecule has 1 saturated heterocycles. The quantitative estimate of drug-likeness (QED) is 0.830. The Bertz CT molecular complexity index is 822. The van der Waals surface area contributed by atoms with E-state index in [-0.39, 0.29) is 17.9 Å². The van der Waals surface area contributed by atoms with Crippen LogP contribution in [0.25, 0.3) is 0 Å². The lowest BCUT2D eigenvalue weighted by molar-refractivity contribution is 0.0689. The van der Waals surface area contributed by atoms with Crippen molar-refractivity contribution in [1.82, 2.24) is 30.2 Å². The summed E-state index contributed by atoms with van der Waals surface area (Å²) in [4.78, 5) is 30.3. The molecule has 2 aliphatic rings. The largest absolute Gasteiger partial charge is 0.384 e. The van der Waals surface area contributed by atoms with Crippen LogP contribution in [0.4, 0.5) is 5.82 Å². The highest BCUT2D eigenvalue weighted by molar-refractivity contribution is 5.94. The first-order valence-electron chi connectivity index (χ1n) is 8.83. The second kappa shape index (κ2) is 6.74. The molecule has 136 valence electrons. The summed E-state index contributed by atoms with van der Waals surface area (Å²) in [7, 11) is 0. The van der Waals surface area contributed by atoms with Crippen molar-refractivity contribution in [3.63, 3.8) is 0 Å². The maximum absolute atomic E-state index is 12.6. The van der Waals surface area contributed by atoms with Crippen molar-refractivity contribution >= 4 is 17.6 Å². The smallest absolute Gasteiger partial charge is 0.273 e. The minimum Gasteiger partial charge on any atom is -0.384 e. The molecule has 3 N–H and O–H groups in total. The van der Waals surface area contributed by atoms with Gasteiger partial charge < -0.3 is 16.0 Å². The van der Waals surface area contributed by atoms with Gasteiger partial charge in [0, 0.05) is 30.9 Å². The predicted molar refractivity (Wildman–Crippen MR) is 93.3 cm³/mol. The lowest BCUT2D eigenvalue weighted by Crippen LogP contribution is -2.39. The highest BCUT2D eigenvalue weighted by atomic mass is 16.2. The molecule has 1 aliphatic heterocycles. The van der Waals surface area contributed by atoms with Gasteiger partial charge in [0.2, 0.25) is 0 Å². The molecule has 3 heterocycles. The molecule has 0 radical (unpaired) electrons. The third-order valence-corrected chi connectivity index (χ3v) is 4.81. The molecule has 1 saturated carbocycles. The number of piperidine rings is 1. The SMILES string of the molecule is Nc1cc(C(=O)N2CCC(n3cc(C(=O)NC4CC4)nn3)CC2)ccn1. The van der Waals surface area contributed by atoms with Gasteiger partial charge in [-0.2, -0.15) is 0 Å². The summed E-state index contributed by atoms with van der Waals surface area (Å²) in [6.07, 6.45) is 6.84. The first-order chi connectivity index (χ1) is 12.6. The Labute approximate surface area is 150 Å². The van der Waals surface area contributed by atoms with Gasteiger partial charge in [-0.1, -0.05) is 5.21 Å². The van der Waals surface area contributed by atoms with Crippen molar-refractivity contribution < 1.29 is 9.59 Å². The van der Waals surface area contributed by atoms with Gasteiger partial charge in [-0.15, -0.1) is 5.10 Å². The van der Waals surface area contributed by atoms with Crippen LogP contribution in [0, 0.1) is 0 Å². The van der Waals surface area contributed by atoms with Gasteiger partial charge in [-0.25, -0.2) is 9.67 Å². The van der Waals surface area contributed by atoms with Crippen molar-refractivity contribution in [2.45, 2.75) is 37.8 Å². The molecular formula is C17H21N7O2. The summed E-state index contributed by atoms with van der Waals surface area (Å²) in [5, 5.41) is 11.0. The monoisotopic (exact) mass is 355 g/mol. The first kappa shape index (κ1) is 16.5. The fourth-order valence-corrected chi connectivity index (χ4v) is 3.14. The summed E-state index contributed by atoms with van der Waals surface area (Å²) in [6.45, 7) is 1.24. The second-order valence-electron chi connectivity index (χ2n) is 6.82. The number of nitrogens with two attached hydrogens (primary N) is 1. The Morgan fingerprint density at radius 1 is 1.19 bits per heavy atom. The number of carbonyl (C=O) groups is 2. The summed E-state index contributed by atoms with van der Waals surface area (Å²) < 4.78 is 1.74. The van der Waals surface area contributed by atoms with Gasteiger partial charge in [0.05, 0.1) is 12.2 Å². The molecule has 2 aromatic rings. The molecule has 4 rings (SSSR count). The van der Waals surface area contributed by atoms with E-state index < -0.39 is 0 Å². The van der Waals surface area contributed by atoms with E-state index in [2.05, 4.69) is 20.6 Å². The maximum Gasteiger partial charge on any atom is 0.273 e. The Balaban J connectivity index is 1.35. The average molecular weight is 355 g/mol. The molecule has 9 nitrogen and oxygen atoms in total. The summed E-state index contributed by atoms with van der Waals surface area (Å²) in [5.74, 6) is 0.132. The zero-order valence-electron chi connectivity index (χ0n) is 14.3. The number of hydrogen-bond donors (Lipinski definition) is 2. The van der Waals surface area contributed by atoms with Gasteiger partial charge in [-0.3, -0.25) is 9.59 Å². The van der Waals surface area contributed by atoms with Crippen LogP contribution < -0.4 is 11.1 Å². The number of aromatic nitrogens is 4. The van der Waals surface area contributed by atoms with E-state index >= 15 is 0 Å². The van der Waals surface area contributed by atoms with Gasteiger partial charge >= 0.3 is 0 Å². The van der Waals surface area contributed by atoms with Crippen LogP contribution in [-0.2, 0) is 0 Å². The second-order valence-corrected chi connectivity index (χ2v) is 6.82. The van der Waals surface area contributed by atoms with E-state index in [0.717, 1.165) is 25.7 Å². The number of amides is 2. The zero-order valence-corrected chi connectivity index (χ0v) is 14.3. The molecule has 1 aliphatic carbocycles. The van der Waals surface area contributed by atoms with Gasteiger partial charge in [-0.05, 0) is 37.8 Å². The van der Waals surface area contributed by atoms with Crippen molar-refractivity contribution in [2.24, 2.45) is 0 Å². The molecule has 0 bridgehead atoms. The molecule has 9 heteroatoms. The van der Waals surface area contributed by atoms with Crippen LogP contribution in [0.2, 0.25) is 0 Å². The molecule has 0 atom stereocenters. The van der Waals surface area contributed by atoms with E-state index in [9.17, 15) is 9.59 Å².